The Morgan fingerprint density at radius 1 is 1.33 bits per heavy atom. The maximum Gasteiger partial charge on any atom is 0.121 e. The van der Waals surface area contributed by atoms with Crippen molar-refractivity contribution in [1.29, 1.82) is 0 Å². The number of allylic oxidation sites excluding steroid dienone is 2. The van der Waals surface area contributed by atoms with Crippen LogP contribution in [-0.4, -0.2) is 6.17 Å². The summed E-state index contributed by atoms with van der Waals surface area (Å²) in [7, 11) is 0. The number of hydrogen-bond acceptors (Lipinski definition) is 0. The molecule has 0 N–H and O–H groups in total. The first-order valence-corrected chi connectivity index (χ1v) is 4.94. The number of halogens is 1. The molecule has 0 heterocycles. The zero-order valence-corrected chi connectivity index (χ0v) is 8.73. The first-order chi connectivity index (χ1) is 5.61. The molecule has 0 aliphatic heterocycles. The highest BCUT2D eigenvalue weighted by Gasteiger charge is 2.12. The van der Waals surface area contributed by atoms with Gasteiger partial charge >= 0.3 is 0 Å². The van der Waals surface area contributed by atoms with Crippen LogP contribution in [0.3, 0.4) is 0 Å². The Labute approximate surface area is 75.9 Å². The molecule has 0 rings (SSSR count). The van der Waals surface area contributed by atoms with Crippen molar-refractivity contribution in [3.8, 4) is 0 Å². The second kappa shape index (κ2) is 6.22. The molecule has 0 spiro atoms. The molecule has 0 saturated carbocycles. The SMILES string of the molecule is CC/C=C(/CC)C(F)CC(C)C. The zero-order chi connectivity index (χ0) is 9.56. The summed E-state index contributed by atoms with van der Waals surface area (Å²) in [6.07, 6.45) is 3.77. The molecule has 0 nitrogen and oxygen atoms in total. The van der Waals surface area contributed by atoms with Crippen LogP contribution >= 0.6 is 0 Å². The number of alkyl halides is 1. The minimum Gasteiger partial charge on any atom is -0.243 e. The minimum absolute atomic E-state index is 0.451. The Kier molecular flexibility index (Phi) is 6.04. The van der Waals surface area contributed by atoms with Crippen LogP contribution in [0.2, 0.25) is 0 Å². The van der Waals surface area contributed by atoms with E-state index < -0.39 is 6.17 Å². The van der Waals surface area contributed by atoms with E-state index in [1.54, 1.807) is 0 Å². The van der Waals surface area contributed by atoms with Crippen LogP contribution in [0.4, 0.5) is 4.39 Å². The van der Waals surface area contributed by atoms with Crippen molar-refractivity contribution < 1.29 is 4.39 Å². The summed E-state index contributed by atoms with van der Waals surface area (Å²) in [5.41, 5.74) is 0.978. The Bertz CT molecular complexity index is 136. The van der Waals surface area contributed by atoms with Gasteiger partial charge in [-0.1, -0.05) is 33.8 Å². The first-order valence-electron chi connectivity index (χ1n) is 4.94. The average Bonchev–Trinajstić information content (AvgIpc) is 1.98. The largest absolute Gasteiger partial charge is 0.243 e. The molecule has 0 radical (unpaired) electrons. The van der Waals surface area contributed by atoms with Crippen molar-refractivity contribution in [1.82, 2.24) is 0 Å². The van der Waals surface area contributed by atoms with E-state index in [2.05, 4.69) is 20.8 Å². The summed E-state index contributed by atoms with van der Waals surface area (Å²) in [5.74, 6) is 0.451. The van der Waals surface area contributed by atoms with Crippen molar-refractivity contribution in [3.63, 3.8) is 0 Å². The third-order valence-electron chi connectivity index (χ3n) is 1.96. The Morgan fingerprint density at radius 2 is 1.92 bits per heavy atom. The van der Waals surface area contributed by atoms with Gasteiger partial charge in [-0.2, -0.15) is 0 Å². The van der Waals surface area contributed by atoms with Gasteiger partial charge in [0.1, 0.15) is 6.17 Å². The molecule has 0 saturated heterocycles. The summed E-state index contributed by atoms with van der Waals surface area (Å²) in [4.78, 5) is 0. The van der Waals surface area contributed by atoms with E-state index in [9.17, 15) is 4.39 Å². The second-order valence-electron chi connectivity index (χ2n) is 3.64. The summed E-state index contributed by atoms with van der Waals surface area (Å²) >= 11 is 0. The molecule has 0 aromatic rings. The summed E-state index contributed by atoms with van der Waals surface area (Å²) in [5, 5.41) is 0. The molecular formula is C11H21F. The van der Waals surface area contributed by atoms with Crippen LogP contribution < -0.4 is 0 Å². The van der Waals surface area contributed by atoms with E-state index in [0.29, 0.717) is 12.3 Å². The third-order valence-corrected chi connectivity index (χ3v) is 1.96. The molecule has 0 aliphatic carbocycles. The van der Waals surface area contributed by atoms with Gasteiger partial charge in [0.05, 0.1) is 0 Å². The summed E-state index contributed by atoms with van der Waals surface area (Å²) in [6.45, 7) is 8.20. The lowest BCUT2D eigenvalue weighted by atomic mass is 9.98. The zero-order valence-electron chi connectivity index (χ0n) is 8.73. The number of rotatable bonds is 5. The number of hydrogen-bond donors (Lipinski definition) is 0. The predicted octanol–water partition coefficient (Wildman–Crippen LogP) is 4.12. The predicted molar refractivity (Wildman–Crippen MR) is 53.0 cm³/mol. The molecule has 0 aromatic heterocycles. The highest BCUT2D eigenvalue weighted by molar-refractivity contribution is 5.07. The van der Waals surface area contributed by atoms with E-state index in [1.807, 2.05) is 13.0 Å². The van der Waals surface area contributed by atoms with Crippen LogP contribution in [0.1, 0.15) is 47.0 Å². The molecule has 0 bridgehead atoms. The molecule has 0 aromatic carbocycles. The fourth-order valence-corrected chi connectivity index (χ4v) is 1.32. The molecule has 0 aliphatic rings. The van der Waals surface area contributed by atoms with Gasteiger partial charge in [-0.25, -0.2) is 4.39 Å². The highest BCUT2D eigenvalue weighted by Crippen LogP contribution is 2.19. The second-order valence-corrected chi connectivity index (χ2v) is 3.64. The quantitative estimate of drug-likeness (QED) is 0.547. The van der Waals surface area contributed by atoms with E-state index in [4.69, 9.17) is 0 Å². The average molecular weight is 172 g/mol. The molecule has 1 atom stereocenters. The lowest BCUT2D eigenvalue weighted by molar-refractivity contribution is 0.318. The minimum atomic E-state index is -0.713. The van der Waals surface area contributed by atoms with Crippen molar-refractivity contribution in [2.75, 3.05) is 0 Å². The van der Waals surface area contributed by atoms with Crippen LogP contribution in [0, 0.1) is 5.92 Å². The lowest BCUT2D eigenvalue weighted by Gasteiger charge is -2.13. The summed E-state index contributed by atoms with van der Waals surface area (Å²) < 4.78 is 13.4. The molecule has 72 valence electrons. The summed E-state index contributed by atoms with van der Waals surface area (Å²) in [6, 6.07) is 0. The van der Waals surface area contributed by atoms with Crippen molar-refractivity contribution in [2.24, 2.45) is 5.92 Å². The van der Waals surface area contributed by atoms with E-state index in [-0.39, 0.29) is 0 Å². The van der Waals surface area contributed by atoms with Gasteiger partial charge in [0, 0.05) is 0 Å². The smallest absolute Gasteiger partial charge is 0.121 e. The normalized spacial score (nSPS) is 15.3. The van der Waals surface area contributed by atoms with Crippen LogP contribution in [0.25, 0.3) is 0 Å². The molecule has 12 heavy (non-hydrogen) atoms. The lowest BCUT2D eigenvalue weighted by Crippen LogP contribution is -2.07. The molecule has 1 heteroatoms. The highest BCUT2D eigenvalue weighted by atomic mass is 19.1. The fraction of sp³-hybridized carbons (Fsp3) is 0.818. The van der Waals surface area contributed by atoms with Crippen molar-refractivity contribution in [3.05, 3.63) is 11.6 Å². The standard InChI is InChI=1S/C11H21F/c1-5-7-10(6-2)11(12)8-9(3)4/h7,9,11H,5-6,8H2,1-4H3/b10-7-. The molecular weight excluding hydrogens is 151 g/mol. The van der Waals surface area contributed by atoms with Crippen LogP contribution in [0.15, 0.2) is 11.6 Å². The van der Waals surface area contributed by atoms with Gasteiger partial charge in [-0.15, -0.1) is 0 Å². The van der Waals surface area contributed by atoms with Crippen LogP contribution in [0.5, 0.6) is 0 Å². The molecule has 0 fully saturated rings. The maximum absolute atomic E-state index is 13.4. The van der Waals surface area contributed by atoms with E-state index in [1.165, 1.54) is 0 Å². The van der Waals surface area contributed by atoms with E-state index >= 15 is 0 Å². The fourth-order valence-electron chi connectivity index (χ4n) is 1.32. The van der Waals surface area contributed by atoms with E-state index in [0.717, 1.165) is 18.4 Å². The van der Waals surface area contributed by atoms with Crippen molar-refractivity contribution >= 4 is 0 Å². The van der Waals surface area contributed by atoms with Gasteiger partial charge in [0.15, 0.2) is 0 Å². The first kappa shape index (κ1) is 11.7. The van der Waals surface area contributed by atoms with Gasteiger partial charge in [-0.3, -0.25) is 0 Å². The topological polar surface area (TPSA) is 0 Å². The van der Waals surface area contributed by atoms with Crippen LogP contribution in [-0.2, 0) is 0 Å². The Balaban J connectivity index is 4.03. The molecule has 1 unspecified atom stereocenters. The van der Waals surface area contributed by atoms with Gasteiger partial charge in [0.2, 0.25) is 0 Å². The van der Waals surface area contributed by atoms with Gasteiger partial charge in [-0.05, 0) is 30.8 Å². The monoisotopic (exact) mass is 172 g/mol. The van der Waals surface area contributed by atoms with Gasteiger partial charge < -0.3 is 0 Å². The Hall–Kier alpha value is -0.330. The third kappa shape index (κ3) is 4.53. The van der Waals surface area contributed by atoms with Crippen molar-refractivity contribution in [2.45, 2.75) is 53.1 Å². The van der Waals surface area contributed by atoms with Gasteiger partial charge in [0.25, 0.3) is 0 Å². The Morgan fingerprint density at radius 3 is 2.25 bits per heavy atom. The maximum atomic E-state index is 13.4. The molecule has 0 amide bonds.